The van der Waals surface area contributed by atoms with Gasteiger partial charge in [0.1, 0.15) is 17.2 Å². The number of carbonyl (C=O) groups excluding carboxylic acids is 1. The van der Waals surface area contributed by atoms with Gasteiger partial charge >= 0.3 is 6.09 Å². The maximum Gasteiger partial charge on any atom is 0.410 e. The lowest BCUT2D eigenvalue weighted by Crippen LogP contribution is -2.52. The van der Waals surface area contributed by atoms with Gasteiger partial charge in [-0.05, 0) is 59.2 Å². The Morgan fingerprint density at radius 1 is 1.18 bits per heavy atom. The molecule has 0 unspecified atom stereocenters. The van der Waals surface area contributed by atoms with E-state index >= 15 is 0 Å². The van der Waals surface area contributed by atoms with Gasteiger partial charge in [0.05, 0.1) is 24.5 Å². The first kappa shape index (κ1) is 25.5. The zero-order chi connectivity index (χ0) is 27.5. The minimum absolute atomic E-state index is 0.135. The monoisotopic (exact) mass is 547 g/mol. The van der Waals surface area contributed by atoms with Crippen LogP contribution >= 0.6 is 11.3 Å². The van der Waals surface area contributed by atoms with E-state index in [1.165, 1.54) is 4.88 Å². The molecule has 1 saturated heterocycles. The lowest BCUT2D eigenvalue weighted by Gasteiger charge is -2.39. The predicted octanol–water partition coefficient (Wildman–Crippen LogP) is 5.55. The van der Waals surface area contributed by atoms with E-state index in [-0.39, 0.29) is 18.2 Å². The summed E-state index contributed by atoms with van der Waals surface area (Å²) in [4.78, 5) is 24.9. The number of hydrogen-bond acceptors (Lipinski definition) is 8. The highest BCUT2D eigenvalue weighted by Gasteiger charge is 2.35. The molecule has 1 amide bonds. The minimum Gasteiger partial charge on any atom is -0.492 e. The molecule has 2 aliphatic heterocycles. The summed E-state index contributed by atoms with van der Waals surface area (Å²) < 4.78 is 15.5. The second-order valence-corrected chi connectivity index (χ2v) is 12.5. The van der Waals surface area contributed by atoms with Crippen molar-refractivity contribution in [1.82, 2.24) is 34.4 Å². The number of aryl methyl sites for hydroxylation is 1. The number of fused-ring (bicyclic) bond motifs is 3. The molecule has 0 radical (unpaired) electrons. The molecule has 2 aliphatic rings. The summed E-state index contributed by atoms with van der Waals surface area (Å²) in [7, 11) is 0. The third-order valence-electron chi connectivity index (χ3n) is 6.76. The molecule has 3 aromatic heterocycles. The molecule has 1 aromatic carbocycles. The van der Waals surface area contributed by atoms with Crippen LogP contribution in [0.5, 0.6) is 5.75 Å². The molecule has 0 bridgehead atoms. The van der Waals surface area contributed by atoms with Crippen molar-refractivity contribution < 1.29 is 14.3 Å². The van der Waals surface area contributed by atoms with Crippen LogP contribution in [0.3, 0.4) is 0 Å². The van der Waals surface area contributed by atoms with Crippen molar-refractivity contribution in [2.45, 2.75) is 65.6 Å². The molecular weight excluding hydrogens is 514 g/mol. The quantitative estimate of drug-likeness (QED) is 0.330. The van der Waals surface area contributed by atoms with Gasteiger partial charge < -0.3 is 14.4 Å². The van der Waals surface area contributed by atoms with E-state index in [0.717, 1.165) is 51.2 Å². The Morgan fingerprint density at radius 3 is 2.72 bits per heavy atom. The van der Waals surface area contributed by atoms with Crippen molar-refractivity contribution in [3.05, 3.63) is 41.3 Å². The normalized spacial score (nSPS) is 15.4. The van der Waals surface area contributed by atoms with E-state index in [1.54, 1.807) is 16.2 Å². The highest BCUT2D eigenvalue weighted by molar-refractivity contribution is 7.15. The summed E-state index contributed by atoms with van der Waals surface area (Å²) in [5.41, 5.74) is 3.47. The summed E-state index contributed by atoms with van der Waals surface area (Å²) in [5, 5.41) is 10.0. The SMILES string of the molecule is Cc1nc(-c2nc3c(s2)CCOc2cc(-c4cnn(C5CN(C(=O)OC(C)(C)C)C5)c4)ccc2-3)n(C(C)C)n1. The number of benzene rings is 1. The van der Waals surface area contributed by atoms with E-state index in [2.05, 4.69) is 47.2 Å². The van der Waals surface area contributed by atoms with Crippen LogP contribution in [0.1, 0.15) is 57.4 Å². The minimum atomic E-state index is -0.498. The molecule has 0 saturated carbocycles. The second-order valence-electron chi connectivity index (χ2n) is 11.4. The Hall–Kier alpha value is -3.73. The fraction of sp³-hybridized carbons (Fsp3) is 0.464. The maximum absolute atomic E-state index is 12.3. The first-order chi connectivity index (χ1) is 18.6. The Morgan fingerprint density at radius 2 is 1.97 bits per heavy atom. The molecule has 0 aliphatic carbocycles. The lowest BCUT2D eigenvalue weighted by molar-refractivity contribution is -0.000384. The van der Waals surface area contributed by atoms with Gasteiger partial charge in [-0.1, -0.05) is 6.07 Å². The third kappa shape index (κ3) is 4.91. The van der Waals surface area contributed by atoms with Gasteiger partial charge in [-0.2, -0.15) is 10.2 Å². The second kappa shape index (κ2) is 9.48. The Labute approximate surface area is 231 Å². The molecule has 6 rings (SSSR count). The number of amides is 1. The standard InChI is InChI=1S/C28H33N7O3S/c1-16(2)35-25(30-17(3)32-35)26-31-24-21-8-7-18(11-22(21)37-10-9-23(24)39-26)19-12-29-34(13-19)20-14-33(15-20)27(36)38-28(4,5)6/h7-8,11-13,16,20H,9-10,14-15H2,1-6H3. The summed E-state index contributed by atoms with van der Waals surface area (Å²) in [6.45, 7) is 13.5. The van der Waals surface area contributed by atoms with Gasteiger partial charge in [0.15, 0.2) is 10.8 Å². The number of aromatic nitrogens is 6. The van der Waals surface area contributed by atoms with Crippen molar-refractivity contribution in [3.63, 3.8) is 0 Å². The van der Waals surface area contributed by atoms with Crippen LogP contribution in [-0.2, 0) is 11.2 Å². The molecular formula is C28H33N7O3S. The number of nitrogens with zero attached hydrogens (tertiary/aromatic N) is 7. The predicted molar refractivity (Wildman–Crippen MR) is 149 cm³/mol. The van der Waals surface area contributed by atoms with Gasteiger partial charge in [-0.25, -0.2) is 19.4 Å². The molecule has 0 atom stereocenters. The lowest BCUT2D eigenvalue weighted by atomic mass is 10.0. The highest BCUT2D eigenvalue weighted by Crippen LogP contribution is 2.42. The van der Waals surface area contributed by atoms with Crippen LogP contribution in [0.2, 0.25) is 0 Å². The Bertz CT molecular complexity index is 1540. The van der Waals surface area contributed by atoms with Gasteiger partial charge in [0, 0.05) is 47.8 Å². The van der Waals surface area contributed by atoms with Crippen molar-refractivity contribution in [2.24, 2.45) is 0 Å². The van der Waals surface area contributed by atoms with E-state index in [1.807, 2.05) is 49.5 Å². The largest absolute Gasteiger partial charge is 0.492 e. The van der Waals surface area contributed by atoms with E-state index in [9.17, 15) is 4.79 Å². The average molecular weight is 548 g/mol. The van der Waals surface area contributed by atoms with Crippen LogP contribution in [0.25, 0.3) is 33.2 Å². The van der Waals surface area contributed by atoms with Gasteiger partial charge in [-0.3, -0.25) is 4.68 Å². The van der Waals surface area contributed by atoms with Crippen LogP contribution in [-0.4, -0.2) is 65.8 Å². The molecule has 4 aromatic rings. The fourth-order valence-electron chi connectivity index (χ4n) is 4.82. The number of hydrogen-bond donors (Lipinski definition) is 0. The first-order valence-electron chi connectivity index (χ1n) is 13.3. The molecule has 0 spiro atoms. The van der Waals surface area contributed by atoms with Gasteiger partial charge in [0.25, 0.3) is 0 Å². The van der Waals surface area contributed by atoms with E-state index in [4.69, 9.17) is 14.5 Å². The van der Waals surface area contributed by atoms with Crippen molar-refractivity contribution >= 4 is 17.4 Å². The summed E-state index contributed by atoms with van der Waals surface area (Å²) in [5.74, 6) is 2.38. The summed E-state index contributed by atoms with van der Waals surface area (Å²) in [6, 6.07) is 6.58. The number of likely N-dealkylation sites (tertiary alicyclic amines) is 1. The average Bonchev–Trinajstić information content (AvgIpc) is 3.54. The molecule has 1 fully saturated rings. The maximum atomic E-state index is 12.3. The number of carbonyl (C=O) groups is 1. The van der Waals surface area contributed by atoms with Crippen LogP contribution < -0.4 is 4.74 Å². The van der Waals surface area contributed by atoms with Crippen molar-refractivity contribution in [2.75, 3.05) is 19.7 Å². The third-order valence-corrected chi connectivity index (χ3v) is 7.87. The van der Waals surface area contributed by atoms with Crippen LogP contribution in [0, 0.1) is 6.92 Å². The topological polar surface area (TPSA) is 100 Å². The smallest absolute Gasteiger partial charge is 0.410 e. The summed E-state index contributed by atoms with van der Waals surface area (Å²) in [6.07, 6.45) is 4.41. The van der Waals surface area contributed by atoms with E-state index in [0.29, 0.717) is 19.7 Å². The van der Waals surface area contributed by atoms with Crippen molar-refractivity contribution in [3.8, 4) is 39.0 Å². The Balaban J connectivity index is 1.22. The number of rotatable bonds is 4. The Kier molecular flexibility index (Phi) is 6.21. The fourth-order valence-corrected chi connectivity index (χ4v) is 5.86. The molecule has 11 heteroatoms. The molecule has 39 heavy (non-hydrogen) atoms. The van der Waals surface area contributed by atoms with E-state index < -0.39 is 5.60 Å². The summed E-state index contributed by atoms with van der Waals surface area (Å²) >= 11 is 1.67. The first-order valence-corrected chi connectivity index (χ1v) is 14.1. The molecule has 5 heterocycles. The molecule has 204 valence electrons. The highest BCUT2D eigenvalue weighted by atomic mass is 32.1. The zero-order valence-electron chi connectivity index (χ0n) is 23.1. The number of ether oxygens (including phenoxy) is 2. The van der Waals surface area contributed by atoms with Gasteiger partial charge in [-0.15, -0.1) is 11.3 Å². The molecule has 0 N–H and O–H groups in total. The number of thiazole rings is 1. The van der Waals surface area contributed by atoms with Crippen LogP contribution in [0.15, 0.2) is 30.6 Å². The van der Waals surface area contributed by atoms with Gasteiger partial charge in [0.2, 0.25) is 0 Å². The van der Waals surface area contributed by atoms with Crippen molar-refractivity contribution in [1.29, 1.82) is 0 Å². The zero-order valence-corrected chi connectivity index (χ0v) is 23.9. The molecule has 10 nitrogen and oxygen atoms in total. The van der Waals surface area contributed by atoms with Crippen LogP contribution in [0.4, 0.5) is 4.79 Å².